The Bertz CT molecular complexity index is 897. The predicted molar refractivity (Wildman–Crippen MR) is 108 cm³/mol. The molecule has 9 heteroatoms. The molecule has 2 unspecified atom stereocenters. The van der Waals surface area contributed by atoms with E-state index < -0.39 is 6.09 Å². The smallest absolute Gasteiger partial charge is 0.410 e. The normalized spacial score (nSPS) is 21.4. The monoisotopic (exact) mass is 431 g/mol. The maximum atomic E-state index is 12.9. The Morgan fingerprint density at radius 3 is 2.87 bits per heavy atom. The first-order valence-electron chi connectivity index (χ1n) is 9.73. The van der Waals surface area contributed by atoms with Crippen LogP contribution in [0, 0.1) is 0 Å². The van der Waals surface area contributed by atoms with Crippen LogP contribution in [0.15, 0.2) is 48.7 Å². The molecule has 0 N–H and O–H groups in total. The summed E-state index contributed by atoms with van der Waals surface area (Å²) in [6.45, 7) is 1.67. The van der Waals surface area contributed by atoms with Crippen molar-refractivity contribution < 1.29 is 23.8 Å². The van der Waals surface area contributed by atoms with E-state index in [2.05, 4.69) is 4.98 Å². The zero-order valence-corrected chi connectivity index (χ0v) is 17.0. The van der Waals surface area contributed by atoms with Crippen molar-refractivity contribution in [2.45, 2.75) is 12.1 Å². The van der Waals surface area contributed by atoms with Gasteiger partial charge in [0.2, 0.25) is 5.91 Å². The number of hydrogen-bond acceptors (Lipinski definition) is 6. The molecular formula is C21H22ClN3O5. The van der Waals surface area contributed by atoms with Gasteiger partial charge in [0.25, 0.3) is 0 Å². The lowest BCUT2D eigenvalue weighted by atomic mass is 10.1. The second-order valence-electron chi connectivity index (χ2n) is 7.07. The topological polar surface area (TPSA) is 81.2 Å². The Balaban J connectivity index is 1.34. The highest BCUT2D eigenvalue weighted by Crippen LogP contribution is 2.27. The van der Waals surface area contributed by atoms with E-state index in [0.29, 0.717) is 25.4 Å². The second kappa shape index (κ2) is 9.32. The molecule has 158 valence electrons. The van der Waals surface area contributed by atoms with Crippen LogP contribution in [-0.4, -0.2) is 72.3 Å². The fourth-order valence-corrected chi connectivity index (χ4v) is 3.70. The minimum atomic E-state index is -0.475. The molecule has 1 aromatic carbocycles. The van der Waals surface area contributed by atoms with Crippen molar-refractivity contribution >= 4 is 23.6 Å². The lowest BCUT2D eigenvalue weighted by Crippen LogP contribution is -2.50. The van der Waals surface area contributed by atoms with Gasteiger partial charge in [-0.25, -0.2) is 9.78 Å². The number of amides is 2. The summed E-state index contributed by atoms with van der Waals surface area (Å²) in [5, 5.41) is 0.278. The molecule has 2 aliphatic heterocycles. The van der Waals surface area contributed by atoms with Crippen LogP contribution in [-0.2, 0) is 14.3 Å². The Morgan fingerprint density at radius 1 is 1.23 bits per heavy atom. The second-order valence-corrected chi connectivity index (χ2v) is 7.43. The number of benzene rings is 1. The van der Waals surface area contributed by atoms with Crippen LogP contribution in [0.1, 0.15) is 11.6 Å². The molecule has 2 fully saturated rings. The molecule has 2 aromatic rings. The predicted octanol–water partition coefficient (Wildman–Crippen LogP) is 2.53. The first kappa shape index (κ1) is 20.4. The molecule has 3 heterocycles. The summed E-state index contributed by atoms with van der Waals surface area (Å²) < 4.78 is 16.6. The van der Waals surface area contributed by atoms with Gasteiger partial charge >= 0.3 is 6.09 Å². The first-order valence-corrected chi connectivity index (χ1v) is 10.1. The number of nitrogens with zero attached hydrogens (tertiary/aromatic N) is 3. The van der Waals surface area contributed by atoms with Crippen LogP contribution < -0.4 is 4.74 Å². The van der Waals surface area contributed by atoms with Gasteiger partial charge in [0.05, 0.1) is 19.2 Å². The van der Waals surface area contributed by atoms with Crippen molar-refractivity contribution in [3.05, 3.63) is 59.4 Å². The highest BCUT2D eigenvalue weighted by atomic mass is 35.5. The minimum Gasteiger partial charge on any atom is -0.488 e. The van der Waals surface area contributed by atoms with Crippen molar-refractivity contribution in [2.24, 2.45) is 0 Å². The van der Waals surface area contributed by atoms with Gasteiger partial charge < -0.3 is 19.1 Å². The van der Waals surface area contributed by atoms with Gasteiger partial charge in [0, 0.05) is 12.7 Å². The van der Waals surface area contributed by atoms with Gasteiger partial charge in [-0.15, -0.1) is 0 Å². The number of cyclic esters (lactones) is 1. The molecule has 0 saturated carbocycles. The molecule has 0 bridgehead atoms. The summed E-state index contributed by atoms with van der Waals surface area (Å²) in [4.78, 5) is 32.2. The van der Waals surface area contributed by atoms with Crippen LogP contribution in [0.25, 0.3) is 0 Å². The van der Waals surface area contributed by atoms with Gasteiger partial charge in [-0.3, -0.25) is 9.69 Å². The Labute approximate surface area is 179 Å². The molecule has 0 radical (unpaired) electrons. The number of pyridine rings is 1. The number of aromatic nitrogens is 1. The van der Waals surface area contributed by atoms with E-state index in [1.807, 2.05) is 30.3 Å². The zero-order chi connectivity index (χ0) is 20.9. The fraction of sp³-hybridized carbons (Fsp3) is 0.381. The zero-order valence-electron chi connectivity index (χ0n) is 16.3. The molecular weight excluding hydrogens is 410 g/mol. The molecule has 0 spiro atoms. The average Bonchev–Trinajstić information content (AvgIpc) is 3.14. The SMILES string of the molecule is O=C(CN1C(=O)OCC1c1ccccc1)N1CCOC(COc2cccnc2Cl)C1. The quantitative estimate of drug-likeness (QED) is 0.654. The summed E-state index contributed by atoms with van der Waals surface area (Å²) in [5.74, 6) is 0.319. The Hall–Kier alpha value is -2.84. The van der Waals surface area contributed by atoms with Crippen LogP contribution in [0.5, 0.6) is 5.75 Å². The number of morpholine rings is 1. The minimum absolute atomic E-state index is 0.0413. The number of carbonyl (C=O) groups is 2. The summed E-state index contributed by atoms with van der Waals surface area (Å²) >= 11 is 6.00. The third kappa shape index (κ3) is 4.66. The van der Waals surface area contributed by atoms with E-state index in [1.54, 1.807) is 23.2 Å². The van der Waals surface area contributed by atoms with Gasteiger partial charge in [-0.2, -0.15) is 0 Å². The standard InChI is InChI=1S/C21H22ClN3O5/c22-20-18(7-4-8-23-20)29-13-16-11-24(9-10-28-16)19(26)12-25-17(14-30-21(25)27)15-5-2-1-3-6-15/h1-8,16-17H,9-14H2. The van der Waals surface area contributed by atoms with Crippen molar-refractivity contribution in [1.82, 2.24) is 14.8 Å². The van der Waals surface area contributed by atoms with E-state index in [9.17, 15) is 9.59 Å². The third-order valence-electron chi connectivity index (χ3n) is 5.11. The summed E-state index contributed by atoms with van der Waals surface area (Å²) in [5.41, 5.74) is 0.942. The summed E-state index contributed by atoms with van der Waals surface area (Å²) in [6, 6.07) is 12.8. The molecule has 2 atom stereocenters. The largest absolute Gasteiger partial charge is 0.488 e. The molecule has 2 saturated heterocycles. The molecule has 0 aliphatic carbocycles. The number of halogens is 1. The van der Waals surface area contributed by atoms with Gasteiger partial charge in [0.15, 0.2) is 10.9 Å². The first-order chi connectivity index (χ1) is 14.6. The molecule has 2 aliphatic rings. The number of hydrogen-bond donors (Lipinski definition) is 0. The third-order valence-corrected chi connectivity index (χ3v) is 5.39. The number of ether oxygens (including phenoxy) is 3. The number of rotatable bonds is 6. The molecule has 8 nitrogen and oxygen atoms in total. The Morgan fingerprint density at radius 2 is 2.07 bits per heavy atom. The fourth-order valence-electron chi connectivity index (χ4n) is 3.53. The average molecular weight is 432 g/mol. The van der Waals surface area contributed by atoms with Crippen LogP contribution in [0.4, 0.5) is 4.79 Å². The maximum absolute atomic E-state index is 12.9. The van der Waals surface area contributed by atoms with E-state index in [4.69, 9.17) is 25.8 Å². The van der Waals surface area contributed by atoms with Crippen LogP contribution in [0.3, 0.4) is 0 Å². The Kier molecular flexibility index (Phi) is 6.35. The van der Waals surface area contributed by atoms with Crippen molar-refractivity contribution in [3.63, 3.8) is 0 Å². The molecule has 1 aromatic heterocycles. The van der Waals surface area contributed by atoms with Gasteiger partial charge in [-0.05, 0) is 17.7 Å². The summed E-state index contributed by atoms with van der Waals surface area (Å²) in [6.07, 6.45) is 0.810. The van der Waals surface area contributed by atoms with E-state index in [-0.39, 0.29) is 43.0 Å². The van der Waals surface area contributed by atoms with Crippen LogP contribution >= 0.6 is 11.6 Å². The number of carbonyl (C=O) groups excluding carboxylic acids is 2. The highest BCUT2D eigenvalue weighted by Gasteiger charge is 2.37. The molecule has 4 rings (SSSR count). The summed E-state index contributed by atoms with van der Waals surface area (Å²) in [7, 11) is 0. The molecule has 30 heavy (non-hydrogen) atoms. The van der Waals surface area contributed by atoms with Crippen LogP contribution in [0.2, 0.25) is 5.15 Å². The molecule has 2 amide bonds. The lowest BCUT2D eigenvalue weighted by molar-refractivity contribution is -0.140. The van der Waals surface area contributed by atoms with E-state index in [0.717, 1.165) is 5.56 Å². The van der Waals surface area contributed by atoms with Crippen molar-refractivity contribution in [1.29, 1.82) is 0 Å². The highest BCUT2D eigenvalue weighted by molar-refractivity contribution is 6.30. The maximum Gasteiger partial charge on any atom is 0.410 e. The van der Waals surface area contributed by atoms with Crippen molar-refractivity contribution in [2.75, 3.05) is 39.5 Å². The van der Waals surface area contributed by atoms with Gasteiger partial charge in [0.1, 0.15) is 25.9 Å². The van der Waals surface area contributed by atoms with Gasteiger partial charge in [-0.1, -0.05) is 41.9 Å². The van der Waals surface area contributed by atoms with E-state index >= 15 is 0 Å². The lowest BCUT2D eigenvalue weighted by Gasteiger charge is -2.34. The van der Waals surface area contributed by atoms with E-state index in [1.165, 1.54) is 4.90 Å². The van der Waals surface area contributed by atoms with Crippen molar-refractivity contribution in [3.8, 4) is 5.75 Å².